The Morgan fingerprint density at radius 1 is 0.864 bits per heavy atom. The van der Waals surface area contributed by atoms with Gasteiger partial charge in [-0.25, -0.2) is 9.36 Å². The summed E-state index contributed by atoms with van der Waals surface area (Å²) in [5.41, 5.74) is 1.32. The number of nitrogens with one attached hydrogen (secondary N) is 2. The summed E-state index contributed by atoms with van der Waals surface area (Å²) in [6.07, 6.45) is 1.78. The molecule has 0 bridgehead atoms. The second kappa shape index (κ2) is 16.0. The van der Waals surface area contributed by atoms with E-state index < -0.39 is 41.4 Å². The Morgan fingerprint density at radius 3 is 1.98 bits per heavy atom. The van der Waals surface area contributed by atoms with Crippen molar-refractivity contribution in [1.82, 2.24) is 19.8 Å². The van der Waals surface area contributed by atoms with Crippen LogP contribution in [0.5, 0.6) is 0 Å². The second-order valence-corrected chi connectivity index (χ2v) is 9.76. The first kappa shape index (κ1) is 33.5. The fourth-order valence-corrected chi connectivity index (χ4v) is 4.02. The maximum absolute atomic E-state index is 12.1. The number of aromatic amines is 1. The number of H-pyrrole nitrogens is 1. The van der Waals surface area contributed by atoms with Gasteiger partial charge >= 0.3 is 17.6 Å². The van der Waals surface area contributed by atoms with Gasteiger partial charge in [-0.2, -0.15) is 0 Å². The number of aliphatic hydroxyl groups is 1. The predicted octanol–water partition coefficient (Wildman–Crippen LogP) is 1.35. The number of aromatic nitrogens is 2. The lowest BCUT2D eigenvalue weighted by atomic mass is 10.1. The topological polar surface area (TPSA) is 200 Å². The molecule has 1 aliphatic rings. The number of rotatable bonds is 13. The molecule has 14 nitrogen and oxygen atoms in total. The Kier molecular flexibility index (Phi) is 12.1. The number of hydrogen-bond donors (Lipinski definition) is 5. The van der Waals surface area contributed by atoms with Gasteiger partial charge in [-0.3, -0.25) is 24.1 Å². The summed E-state index contributed by atoms with van der Waals surface area (Å²) in [5.74, 6) is -4.71. The molecule has 234 valence electrons. The van der Waals surface area contributed by atoms with Crippen molar-refractivity contribution in [2.45, 2.75) is 52.0 Å². The van der Waals surface area contributed by atoms with Gasteiger partial charge in [0.1, 0.15) is 19.9 Å². The van der Waals surface area contributed by atoms with Crippen LogP contribution in [0.1, 0.15) is 36.5 Å². The zero-order valence-corrected chi connectivity index (χ0v) is 24.0. The molecule has 0 saturated heterocycles. The summed E-state index contributed by atoms with van der Waals surface area (Å²) in [6.45, 7) is 1.67. The van der Waals surface area contributed by atoms with Crippen LogP contribution in [0.2, 0.25) is 0 Å². The molecular weight excluding hydrogens is 576 g/mol. The van der Waals surface area contributed by atoms with Crippen LogP contribution in [0.4, 0.5) is 0 Å². The number of aliphatic carboxylic acids is 2. The van der Waals surface area contributed by atoms with Crippen LogP contribution in [0.15, 0.2) is 88.2 Å². The zero-order chi connectivity index (χ0) is 32.1. The Balaban J connectivity index is 0.000000240. The van der Waals surface area contributed by atoms with Crippen molar-refractivity contribution in [2.75, 3.05) is 6.73 Å². The molecule has 0 saturated carbocycles. The third-order valence-electron chi connectivity index (χ3n) is 6.35. The smallest absolute Gasteiger partial charge is 0.330 e. The number of carboxylic acid groups (broad SMARTS) is 2. The van der Waals surface area contributed by atoms with E-state index in [4.69, 9.17) is 19.7 Å². The lowest BCUT2D eigenvalue weighted by Crippen LogP contribution is -2.63. The first-order chi connectivity index (χ1) is 21.0. The van der Waals surface area contributed by atoms with Gasteiger partial charge in [0.25, 0.3) is 11.5 Å². The largest absolute Gasteiger partial charge is 0.481 e. The minimum absolute atomic E-state index is 0.0592. The zero-order valence-electron chi connectivity index (χ0n) is 24.0. The summed E-state index contributed by atoms with van der Waals surface area (Å²) >= 11 is 0. The Labute approximate surface area is 251 Å². The highest BCUT2D eigenvalue weighted by molar-refractivity contribution is 5.94. The fourth-order valence-electron chi connectivity index (χ4n) is 4.02. The fraction of sp³-hybridized carbons (Fsp3) is 0.300. The minimum Gasteiger partial charge on any atom is -0.481 e. The van der Waals surface area contributed by atoms with Crippen molar-refractivity contribution in [3.63, 3.8) is 0 Å². The molecule has 4 rings (SSSR count). The van der Waals surface area contributed by atoms with Gasteiger partial charge in [0.15, 0.2) is 0 Å². The number of ether oxygens (including phenoxy) is 2. The number of carboxylic acids is 2. The highest BCUT2D eigenvalue weighted by atomic mass is 16.5. The number of aryl methyl sites for hydroxylation is 1. The molecule has 0 radical (unpaired) electrons. The van der Waals surface area contributed by atoms with E-state index in [0.29, 0.717) is 5.57 Å². The molecular formula is C30H34N4O10. The monoisotopic (exact) mass is 610 g/mol. The second-order valence-electron chi connectivity index (χ2n) is 9.76. The quantitative estimate of drug-likeness (QED) is 0.187. The summed E-state index contributed by atoms with van der Waals surface area (Å²) in [5, 5.41) is 30.5. The van der Waals surface area contributed by atoms with E-state index in [0.717, 1.165) is 20.6 Å². The predicted molar refractivity (Wildman–Crippen MR) is 156 cm³/mol. The van der Waals surface area contributed by atoms with Crippen molar-refractivity contribution in [2.24, 2.45) is 0 Å². The van der Waals surface area contributed by atoms with Crippen LogP contribution in [-0.2, 0) is 50.2 Å². The van der Waals surface area contributed by atoms with Gasteiger partial charge in [-0.15, -0.1) is 0 Å². The van der Waals surface area contributed by atoms with Crippen molar-refractivity contribution >= 4 is 17.8 Å². The van der Waals surface area contributed by atoms with Crippen molar-refractivity contribution in [3.05, 3.63) is 116 Å². The highest BCUT2D eigenvalue weighted by Gasteiger charge is 2.42. The van der Waals surface area contributed by atoms with E-state index in [1.165, 1.54) is 12.4 Å². The third-order valence-corrected chi connectivity index (χ3v) is 6.35. The molecule has 1 aromatic heterocycles. The van der Waals surface area contributed by atoms with Gasteiger partial charge in [0.05, 0.1) is 13.2 Å². The molecule has 0 spiro atoms. The third kappa shape index (κ3) is 9.76. The molecule has 5 N–H and O–H groups in total. The van der Waals surface area contributed by atoms with Crippen LogP contribution in [0.25, 0.3) is 0 Å². The Morgan fingerprint density at radius 2 is 1.43 bits per heavy atom. The molecule has 2 aromatic carbocycles. The first-order valence-electron chi connectivity index (χ1n) is 13.5. The average molecular weight is 611 g/mol. The number of benzene rings is 2. The van der Waals surface area contributed by atoms with Crippen molar-refractivity contribution < 1.29 is 39.2 Å². The summed E-state index contributed by atoms with van der Waals surface area (Å²) in [4.78, 5) is 60.8. The molecule has 1 unspecified atom stereocenters. The molecule has 1 aliphatic heterocycles. The van der Waals surface area contributed by atoms with Crippen LogP contribution < -0.4 is 16.6 Å². The number of carbonyl (C=O) groups is 3. The molecule has 3 aromatic rings. The first-order valence-corrected chi connectivity index (χ1v) is 13.5. The number of nitrogens with zero attached hydrogens (tertiary/aromatic N) is 2. The maximum atomic E-state index is 12.1. The van der Waals surface area contributed by atoms with E-state index >= 15 is 0 Å². The van der Waals surface area contributed by atoms with Crippen molar-refractivity contribution in [1.29, 1.82) is 0 Å². The van der Waals surface area contributed by atoms with Crippen molar-refractivity contribution in [3.8, 4) is 0 Å². The van der Waals surface area contributed by atoms with Gasteiger partial charge < -0.3 is 35.1 Å². The Bertz CT molecular complexity index is 1570. The lowest BCUT2D eigenvalue weighted by Gasteiger charge is -2.41. The highest BCUT2D eigenvalue weighted by Crippen LogP contribution is 2.21. The van der Waals surface area contributed by atoms with Crippen LogP contribution in [0.3, 0.4) is 0 Å². The van der Waals surface area contributed by atoms with E-state index in [1.807, 2.05) is 60.7 Å². The maximum Gasteiger partial charge on any atom is 0.330 e. The lowest BCUT2D eigenvalue weighted by molar-refractivity contribution is -0.192. The van der Waals surface area contributed by atoms with Gasteiger partial charge in [-0.1, -0.05) is 60.7 Å². The van der Waals surface area contributed by atoms with Gasteiger partial charge in [0, 0.05) is 30.0 Å². The molecule has 1 amide bonds. The molecule has 44 heavy (non-hydrogen) atoms. The van der Waals surface area contributed by atoms with E-state index in [2.05, 4.69) is 10.3 Å². The van der Waals surface area contributed by atoms with E-state index in [1.54, 1.807) is 6.92 Å². The standard InChI is InChI=1S/C15H18N2O5.C15H16N2O5/c1-11-8-16-15(21,7-13(18)19)17(14(11)20)10-22-9-12-5-3-2-4-6-12;18-13(19)7-6-12-8-16-15(21)17(14(12)20)10-22-9-11-4-2-1-3-5-11/h2-6,8,16,21H,7,9-10H2,1H3,(H,18,19);1-5,8H,6-7,9-10H2,(H,16,21)(H,18,19). The molecule has 0 aliphatic carbocycles. The van der Waals surface area contributed by atoms with Gasteiger partial charge in [0.2, 0.25) is 5.85 Å². The molecule has 1 atom stereocenters. The average Bonchev–Trinajstić information content (AvgIpc) is 2.99. The molecule has 0 fully saturated rings. The normalized spacial score (nSPS) is 15.9. The number of carbonyl (C=O) groups excluding carboxylic acids is 1. The molecule has 2 heterocycles. The summed E-state index contributed by atoms with van der Waals surface area (Å²) in [7, 11) is 0. The van der Waals surface area contributed by atoms with Crippen LogP contribution >= 0.6 is 0 Å². The summed E-state index contributed by atoms with van der Waals surface area (Å²) < 4.78 is 11.7. The van der Waals surface area contributed by atoms with E-state index in [9.17, 15) is 29.1 Å². The molecule has 14 heteroatoms. The van der Waals surface area contributed by atoms with Gasteiger partial charge in [-0.05, 0) is 24.5 Å². The number of hydrogen-bond acceptors (Lipinski definition) is 9. The SMILES string of the molecule is CC1=CNC(O)(CC(=O)O)N(COCc2ccccc2)C1=O.O=C(O)CCc1c[nH]c(=O)n(COCc2ccccc2)c1=O. The van der Waals surface area contributed by atoms with Crippen LogP contribution in [0, 0.1) is 0 Å². The van der Waals surface area contributed by atoms with Crippen LogP contribution in [-0.4, -0.2) is 60.2 Å². The minimum atomic E-state index is -2.00. The number of amides is 1. The summed E-state index contributed by atoms with van der Waals surface area (Å²) in [6, 6.07) is 18.7. The van der Waals surface area contributed by atoms with E-state index in [-0.39, 0.29) is 45.1 Å². The Hall–Kier alpha value is -5.05.